The predicted molar refractivity (Wildman–Crippen MR) is 57.0 cm³/mol. The molecule has 16 heavy (non-hydrogen) atoms. The summed E-state index contributed by atoms with van der Waals surface area (Å²) in [6.45, 7) is 0. The van der Waals surface area contributed by atoms with Gasteiger partial charge in [0.25, 0.3) is 6.43 Å². The molecule has 0 bridgehead atoms. The molecule has 0 spiro atoms. The molecule has 0 atom stereocenters. The number of hydrogen-bond acceptors (Lipinski definition) is 4. The molecule has 0 radical (unpaired) electrons. The van der Waals surface area contributed by atoms with Crippen molar-refractivity contribution in [2.75, 3.05) is 12.8 Å². The van der Waals surface area contributed by atoms with Gasteiger partial charge in [-0.25, -0.2) is 8.78 Å². The Kier molecular flexibility index (Phi) is 4.17. The van der Waals surface area contributed by atoms with Crippen molar-refractivity contribution in [3.05, 3.63) is 21.9 Å². The van der Waals surface area contributed by atoms with Gasteiger partial charge < -0.3 is 10.5 Å². The third kappa shape index (κ3) is 2.66. The van der Waals surface area contributed by atoms with Crippen molar-refractivity contribution in [3.63, 3.8) is 0 Å². The molecule has 1 aromatic rings. The van der Waals surface area contributed by atoms with Crippen LogP contribution in [0.2, 0.25) is 0 Å². The molecule has 2 N–H and O–H groups in total. The monoisotopic (exact) mass is 294 g/mol. The maximum atomic E-state index is 12.5. The van der Waals surface area contributed by atoms with E-state index in [-0.39, 0.29) is 27.8 Å². The smallest absolute Gasteiger partial charge is 0.311 e. The number of carbonyl (C=O) groups is 1. The molecule has 0 aliphatic rings. The predicted octanol–water partition coefficient (Wildman–Crippen LogP) is 2.08. The summed E-state index contributed by atoms with van der Waals surface area (Å²) >= 11 is 2.95. The lowest BCUT2D eigenvalue weighted by Crippen LogP contribution is -2.10. The molecule has 4 nitrogen and oxygen atoms in total. The maximum absolute atomic E-state index is 12.5. The maximum Gasteiger partial charge on any atom is 0.311 e. The first-order valence-electron chi connectivity index (χ1n) is 4.25. The van der Waals surface area contributed by atoms with Gasteiger partial charge in [0, 0.05) is 6.20 Å². The Morgan fingerprint density at radius 2 is 2.31 bits per heavy atom. The second kappa shape index (κ2) is 5.20. The fourth-order valence-corrected chi connectivity index (χ4v) is 1.56. The van der Waals surface area contributed by atoms with Gasteiger partial charge in [-0.05, 0) is 15.9 Å². The van der Waals surface area contributed by atoms with E-state index in [0.29, 0.717) is 0 Å². The Bertz CT molecular complexity index is 413. The number of halogens is 3. The molecule has 0 aliphatic heterocycles. The van der Waals surface area contributed by atoms with Crippen molar-refractivity contribution in [3.8, 4) is 0 Å². The number of rotatable bonds is 3. The van der Waals surface area contributed by atoms with Crippen molar-refractivity contribution in [2.24, 2.45) is 0 Å². The first kappa shape index (κ1) is 12.8. The number of nitrogens with two attached hydrogens (primary N) is 1. The normalized spacial score (nSPS) is 10.6. The summed E-state index contributed by atoms with van der Waals surface area (Å²) in [5.41, 5.74) is 5.52. The number of esters is 1. The number of hydrogen-bond donors (Lipinski definition) is 1. The van der Waals surface area contributed by atoms with Gasteiger partial charge in [-0.1, -0.05) is 0 Å². The summed E-state index contributed by atoms with van der Waals surface area (Å²) < 4.78 is 29.4. The number of aromatic nitrogens is 1. The second-order valence-corrected chi connectivity index (χ2v) is 3.73. The molecule has 1 heterocycles. The van der Waals surface area contributed by atoms with Gasteiger partial charge >= 0.3 is 5.97 Å². The number of pyridine rings is 1. The van der Waals surface area contributed by atoms with Gasteiger partial charge in [0.1, 0.15) is 0 Å². The van der Waals surface area contributed by atoms with Crippen molar-refractivity contribution in [1.29, 1.82) is 0 Å². The summed E-state index contributed by atoms with van der Waals surface area (Å²) in [4.78, 5) is 14.7. The van der Waals surface area contributed by atoms with Crippen LogP contribution in [0.4, 0.5) is 14.5 Å². The Balaban J connectivity index is 3.07. The third-order valence-corrected chi connectivity index (χ3v) is 2.82. The SMILES string of the molecule is COC(=O)Cc1ncc(C(F)F)c(Br)c1N. The molecule has 0 amide bonds. The Labute approximate surface area is 98.9 Å². The van der Waals surface area contributed by atoms with Crippen molar-refractivity contribution in [2.45, 2.75) is 12.8 Å². The molecule has 1 rings (SSSR count). The summed E-state index contributed by atoms with van der Waals surface area (Å²) in [6, 6.07) is 0. The van der Waals surface area contributed by atoms with Gasteiger partial charge in [-0.2, -0.15) is 0 Å². The van der Waals surface area contributed by atoms with Gasteiger partial charge in [0.15, 0.2) is 0 Å². The summed E-state index contributed by atoms with van der Waals surface area (Å²) in [7, 11) is 1.22. The van der Waals surface area contributed by atoms with E-state index in [1.807, 2.05) is 0 Å². The first-order valence-corrected chi connectivity index (χ1v) is 5.04. The number of nitrogens with zero attached hydrogens (tertiary/aromatic N) is 1. The lowest BCUT2D eigenvalue weighted by molar-refractivity contribution is -0.139. The lowest BCUT2D eigenvalue weighted by Gasteiger charge is -2.09. The Morgan fingerprint density at radius 1 is 1.69 bits per heavy atom. The Morgan fingerprint density at radius 3 is 2.81 bits per heavy atom. The summed E-state index contributed by atoms with van der Waals surface area (Å²) in [5, 5.41) is 0. The molecular formula is C9H9BrF2N2O2. The van der Waals surface area contributed by atoms with E-state index < -0.39 is 12.4 Å². The minimum Gasteiger partial charge on any atom is -0.469 e. The highest BCUT2D eigenvalue weighted by Gasteiger charge is 2.18. The first-order chi connectivity index (χ1) is 7.47. The number of carbonyl (C=O) groups excluding carboxylic acids is 1. The number of anilines is 1. The molecule has 0 unspecified atom stereocenters. The number of nitrogen functional groups attached to an aromatic ring is 1. The molecule has 0 aromatic carbocycles. The molecule has 0 aliphatic carbocycles. The summed E-state index contributed by atoms with van der Waals surface area (Å²) in [5.74, 6) is -0.532. The van der Waals surface area contributed by atoms with Crippen LogP contribution in [0, 0.1) is 0 Å². The highest BCUT2D eigenvalue weighted by atomic mass is 79.9. The molecular weight excluding hydrogens is 286 g/mol. The van der Waals surface area contributed by atoms with Crippen LogP contribution in [-0.2, 0) is 16.0 Å². The van der Waals surface area contributed by atoms with Crippen molar-refractivity contribution < 1.29 is 18.3 Å². The van der Waals surface area contributed by atoms with E-state index in [1.54, 1.807) is 0 Å². The molecule has 7 heteroatoms. The highest BCUT2D eigenvalue weighted by molar-refractivity contribution is 9.10. The topological polar surface area (TPSA) is 65.2 Å². The summed E-state index contributed by atoms with van der Waals surface area (Å²) in [6.07, 6.45) is -1.83. The van der Waals surface area contributed by atoms with Crippen molar-refractivity contribution in [1.82, 2.24) is 4.98 Å². The molecule has 0 saturated carbocycles. The van der Waals surface area contributed by atoms with Crippen LogP contribution in [0.5, 0.6) is 0 Å². The van der Waals surface area contributed by atoms with E-state index in [9.17, 15) is 13.6 Å². The fourth-order valence-electron chi connectivity index (χ4n) is 1.06. The van der Waals surface area contributed by atoms with Gasteiger partial charge in [0.05, 0.1) is 34.9 Å². The second-order valence-electron chi connectivity index (χ2n) is 2.94. The zero-order valence-corrected chi connectivity index (χ0v) is 9.92. The minimum absolute atomic E-state index is 0.0307. The van der Waals surface area contributed by atoms with Crippen LogP contribution < -0.4 is 5.73 Å². The molecule has 88 valence electrons. The van der Waals surface area contributed by atoms with Crippen LogP contribution in [0.15, 0.2) is 10.7 Å². The fraction of sp³-hybridized carbons (Fsp3) is 0.333. The van der Waals surface area contributed by atoms with E-state index in [2.05, 4.69) is 25.7 Å². The number of methoxy groups -OCH3 is 1. The third-order valence-electron chi connectivity index (χ3n) is 1.93. The Hall–Kier alpha value is -1.24. The van der Waals surface area contributed by atoms with E-state index in [0.717, 1.165) is 6.20 Å². The molecule has 0 saturated heterocycles. The van der Waals surface area contributed by atoms with Crippen LogP contribution in [0.1, 0.15) is 17.7 Å². The lowest BCUT2D eigenvalue weighted by atomic mass is 10.2. The molecule has 0 fully saturated rings. The van der Waals surface area contributed by atoms with Gasteiger partial charge in [0.2, 0.25) is 0 Å². The van der Waals surface area contributed by atoms with Crippen LogP contribution in [-0.4, -0.2) is 18.1 Å². The average molecular weight is 295 g/mol. The van der Waals surface area contributed by atoms with E-state index >= 15 is 0 Å². The zero-order chi connectivity index (χ0) is 12.3. The molecule has 1 aromatic heterocycles. The zero-order valence-electron chi connectivity index (χ0n) is 8.34. The standard InChI is InChI=1S/C9H9BrF2N2O2/c1-16-6(15)2-5-8(13)7(10)4(3-14-5)9(11)12/h3,9H,2,13H2,1H3. The van der Waals surface area contributed by atoms with E-state index in [1.165, 1.54) is 7.11 Å². The van der Waals surface area contributed by atoms with Crippen LogP contribution >= 0.6 is 15.9 Å². The van der Waals surface area contributed by atoms with Crippen LogP contribution in [0.25, 0.3) is 0 Å². The quantitative estimate of drug-likeness (QED) is 0.867. The van der Waals surface area contributed by atoms with Crippen LogP contribution in [0.3, 0.4) is 0 Å². The van der Waals surface area contributed by atoms with Crippen molar-refractivity contribution >= 4 is 27.6 Å². The number of ether oxygens (including phenoxy) is 1. The number of alkyl halides is 2. The van der Waals surface area contributed by atoms with Gasteiger partial charge in [-0.15, -0.1) is 0 Å². The van der Waals surface area contributed by atoms with E-state index in [4.69, 9.17) is 5.73 Å². The van der Waals surface area contributed by atoms with Gasteiger partial charge in [-0.3, -0.25) is 9.78 Å². The average Bonchev–Trinajstić information content (AvgIpc) is 2.24. The largest absolute Gasteiger partial charge is 0.469 e. The minimum atomic E-state index is -2.67. The highest BCUT2D eigenvalue weighted by Crippen LogP contribution is 2.32.